The van der Waals surface area contributed by atoms with Gasteiger partial charge in [-0.15, -0.1) is 0 Å². The molecule has 24 heavy (non-hydrogen) atoms. The minimum atomic E-state index is -0.861. The standard InChI is InChI=1S/C16H24N4O4/c1-11-10-14(19(2)18-11)20-9-5-6-12(16(20)24)17-13(21)7-3-4-8-15(22)23/h10,12H,3-9H2,1-2H3,(H,17,21)(H,22,23). The molecule has 1 saturated heterocycles. The van der Waals surface area contributed by atoms with Crippen molar-refractivity contribution in [2.24, 2.45) is 7.05 Å². The largest absolute Gasteiger partial charge is 0.481 e. The van der Waals surface area contributed by atoms with Crippen LogP contribution in [0.2, 0.25) is 0 Å². The number of aryl methyl sites for hydroxylation is 2. The highest BCUT2D eigenvalue weighted by molar-refractivity contribution is 5.99. The number of carbonyl (C=O) groups excluding carboxylic acids is 2. The molecule has 1 fully saturated rings. The van der Waals surface area contributed by atoms with Crippen molar-refractivity contribution in [2.45, 2.75) is 51.5 Å². The van der Waals surface area contributed by atoms with Crippen LogP contribution >= 0.6 is 0 Å². The number of hydrogen-bond acceptors (Lipinski definition) is 4. The summed E-state index contributed by atoms with van der Waals surface area (Å²) in [7, 11) is 1.79. The van der Waals surface area contributed by atoms with Gasteiger partial charge in [0, 0.05) is 32.5 Å². The molecular weight excluding hydrogens is 312 g/mol. The number of amides is 2. The molecule has 2 amide bonds. The Morgan fingerprint density at radius 1 is 1.38 bits per heavy atom. The molecule has 0 aliphatic carbocycles. The van der Waals surface area contributed by atoms with Crippen LogP contribution in [0.15, 0.2) is 6.07 Å². The zero-order chi connectivity index (χ0) is 17.7. The van der Waals surface area contributed by atoms with Crippen LogP contribution < -0.4 is 10.2 Å². The van der Waals surface area contributed by atoms with Crippen LogP contribution in [0.25, 0.3) is 0 Å². The first kappa shape index (κ1) is 18.0. The topological polar surface area (TPSA) is 105 Å². The quantitative estimate of drug-likeness (QED) is 0.722. The number of aromatic nitrogens is 2. The lowest BCUT2D eigenvalue weighted by Crippen LogP contribution is -2.52. The zero-order valence-electron chi connectivity index (χ0n) is 14.1. The van der Waals surface area contributed by atoms with Gasteiger partial charge < -0.3 is 10.4 Å². The Hall–Kier alpha value is -2.38. The van der Waals surface area contributed by atoms with Gasteiger partial charge in [-0.05, 0) is 32.6 Å². The number of nitrogens with zero attached hydrogens (tertiary/aromatic N) is 3. The number of unbranched alkanes of at least 4 members (excludes halogenated alkanes) is 1. The number of carboxylic acid groups (broad SMARTS) is 1. The van der Waals surface area contributed by atoms with Crippen molar-refractivity contribution in [3.8, 4) is 0 Å². The van der Waals surface area contributed by atoms with Gasteiger partial charge in [-0.25, -0.2) is 0 Å². The smallest absolute Gasteiger partial charge is 0.303 e. The van der Waals surface area contributed by atoms with E-state index in [0.29, 0.717) is 25.8 Å². The second-order valence-electron chi connectivity index (χ2n) is 6.12. The molecule has 2 rings (SSSR count). The molecule has 0 saturated carbocycles. The molecule has 1 aliphatic rings. The third-order valence-corrected chi connectivity index (χ3v) is 4.07. The highest BCUT2D eigenvalue weighted by atomic mass is 16.4. The molecule has 1 atom stereocenters. The minimum absolute atomic E-state index is 0.0588. The van der Waals surface area contributed by atoms with E-state index in [-0.39, 0.29) is 24.7 Å². The summed E-state index contributed by atoms with van der Waals surface area (Å²) in [5.74, 6) is -0.456. The molecule has 8 nitrogen and oxygen atoms in total. The summed E-state index contributed by atoms with van der Waals surface area (Å²) in [5.41, 5.74) is 0.838. The summed E-state index contributed by atoms with van der Waals surface area (Å²) in [4.78, 5) is 36.7. The lowest BCUT2D eigenvalue weighted by atomic mass is 10.0. The third kappa shape index (κ3) is 4.56. The van der Waals surface area contributed by atoms with Crippen molar-refractivity contribution in [1.29, 1.82) is 0 Å². The van der Waals surface area contributed by atoms with Crippen LogP contribution in [-0.2, 0) is 21.4 Å². The van der Waals surface area contributed by atoms with E-state index in [1.165, 1.54) is 0 Å². The predicted octanol–water partition coefficient (Wildman–Crippen LogP) is 0.985. The molecular formula is C16H24N4O4. The van der Waals surface area contributed by atoms with Crippen molar-refractivity contribution >= 4 is 23.6 Å². The van der Waals surface area contributed by atoms with E-state index in [1.807, 2.05) is 13.0 Å². The Morgan fingerprint density at radius 3 is 2.71 bits per heavy atom. The van der Waals surface area contributed by atoms with E-state index in [2.05, 4.69) is 10.4 Å². The maximum Gasteiger partial charge on any atom is 0.303 e. The molecule has 1 unspecified atom stereocenters. The summed E-state index contributed by atoms with van der Waals surface area (Å²) < 4.78 is 1.67. The number of nitrogens with one attached hydrogen (secondary N) is 1. The first-order valence-corrected chi connectivity index (χ1v) is 8.21. The van der Waals surface area contributed by atoms with Gasteiger partial charge in [0.25, 0.3) is 5.91 Å². The number of hydrogen-bond donors (Lipinski definition) is 2. The van der Waals surface area contributed by atoms with E-state index in [1.54, 1.807) is 16.6 Å². The van der Waals surface area contributed by atoms with E-state index >= 15 is 0 Å². The molecule has 2 heterocycles. The molecule has 0 radical (unpaired) electrons. The average molecular weight is 336 g/mol. The summed E-state index contributed by atoms with van der Waals surface area (Å²) in [6.45, 7) is 2.48. The summed E-state index contributed by atoms with van der Waals surface area (Å²) in [6.07, 6.45) is 2.68. The van der Waals surface area contributed by atoms with Crippen molar-refractivity contribution in [2.75, 3.05) is 11.4 Å². The van der Waals surface area contributed by atoms with Gasteiger partial charge in [-0.3, -0.25) is 24.0 Å². The highest BCUT2D eigenvalue weighted by Gasteiger charge is 2.32. The Morgan fingerprint density at radius 2 is 2.08 bits per heavy atom. The van der Waals surface area contributed by atoms with Crippen molar-refractivity contribution in [3.63, 3.8) is 0 Å². The Bertz CT molecular complexity index is 626. The first-order valence-electron chi connectivity index (χ1n) is 8.21. The van der Waals surface area contributed by atoms with E-state index in [9.17, 15) is 14.4 Å². The number of piperidine rings is 1. The molecule has 1 aromatic rings. The van der Waals surface area contributed by atoms with Crippen molar-refractivity contribution in [3.05, 3.63) is 11.8 Å². The zero-order valence-corrected chi connectivity index (χ0v) is 14.1. The van der Waals surface area contributed by atoms with E-state index < -0.39 is 12.0 Å². The Labute approximate surface area is 140 Å². The Kier molecular flexibility index (Phi) is 5.94. The molecule has 0 bridgehead atoms. The minimum Gasteiger partial charge on any atom is -0.481 e. The van der Waals surface area contributed by atoms with Crippen LogP contribution in [0, 0.1) is 6.92 Å². The predicted molar refractivity (Wildman–Crippen MR) is 87.6 cm³/mol. The number of carbonyl (C=O) groups is 3. The van der Waals surface area contributed by atoms with Crippen LogP contribution in [0.3, 0.4) is 0 Å². The lowest BCUT2D eigenvalue weighted by Gasteiger charge is -2.32. The van der Waals surface area contributed by atoms with Crippen molar-refractivity contribution < 1.29 is 19.5 Å². The molecule has 8 heteroatoms. The summed E-state index contributed by atoms with van der Waals surface area (Å²) >= 11 is 0. The first-order chi connectivity index (χ1) is 11.4. The molecule has 2 N–H and O–H groups in total. The van der Waals surface area contributed by atoms with Gasteiger partial charge in [0.15, 0.2) is 0 Å². The second-order valence-corrected chi connectivity index (χ2v) is 6.12. The monoisotopic (exact) mass is 336 g/mol. The highest BCUT2D eigenvalue weighted by Crippen LogP contribution is 2.21. The van der Waals surface area contributed by atoms with Gasteiger partial charge in [-0.2, -0.15) is 5.10 Å². The number of aliphatic carboxylic acids is 1. The second kappa shape index (κ2) is 7.94. The number of anilines is 1. The Balaban J connectivity index is 1.89. The van der Waals surface area contributed by atoms with E-state index in [0.717, 1.165) is 17.9 Å². The van der Waals surface area contributed by atoms with Crippen LogP contribution in [-0.4, -0.2) is 45.3 Å². The van der Waals surface area contributed by atoms with Gasteiger partial charge in [-0.1, -0.05) is 0 Å². The van der Waals surface area contributed by atoms with Gasteiger partial charge in [0.1, 0.15) is 11.9 Å². The number of rotatable bonds is 7. The fourth-order valence-corrected chi connectivity index (χ4v) is 2.91. The number of carboxylic acids is 1. The van der Waals surface area contributed by atoms with Gasteiger partial charge >= 0.3 is 5.97 Å². The van der Waals surface area contributed by atoms with Gasteiger partial charge in [0.05, 0.1) is 5.69 Å². The average Bonchev–Trinajstić information content (AvgIpc) is 2.84. The lowest BCUT2D eigenvalue weighted by molar-refractivity contribution is -0.137. The summed E-state index contributed by atoms with van der Waals surface area (Å²) in [5, 5.41) is 15.6. The van der Waals surface area contributed by atoms with Crippen LogP contribution in [0.4, 0.5) is 5.82 Å². The third-order valence-electron chi connectivity index (χ3n) is 4.07. The SMILES string of the molecule is Cc1cc(N2CCCC(NC(=O)CCCCC(=O)O)C2=O)n(C)n1. The van der Waals surface area contributed by atoms with E-state index in [4.69, 9.17) is 5.11 Å². The summed E-state index contributed by atoms with van der Waals surface area (Å²) in [6, 6.07) is 1.33. The normalized spacial score (nSPS) is 17.8. The molecule has 1 aliphatic heterocycles. The fraction of sp³-hybridized carbons (Fsp3) is 0.625. The molecule has 0 spiro atoms. The molecule has 0 aromatic carbocycles. The van der Waals surface area contributed by atoms with Crippen LogP contribution in [0.5, 0.6) is 0 Å². The molecule has 132 valence electrons. The maximum atomic E-state index is 12.6. The maximum absolute atomic E-state index is 12.6. The van der Waals surface area contributed by atoms with Gasteiger partial charge in [0.2, 0.25) is 5.91 Å². The van der Waals surface area contributed by atoms with Crippen LogP contribution in [0.1, 0.15) is 44.2 Å². The fourth-order valence-electron chi connectivity index (χ4n) is 2.91. The van der Waals surface area contributed by atoms with Crippen molar-refractivity contribution in [1.82, 2.24) is 15.1 Å². The molecule has 1 aromatic heterocycles.